The van der Waals surface area contributed by atoms with E-state index in [4.69, 9.17) is 15.2 Å². The molecule has 0 saturated heterocycles. The van der Waals surface area contributed by atoms with Crippen molar-refractivity contribution in [2.75, 3.05) is 0 Å². The lowest BCUT2D eigenvalue weighted by Gasteiger charge is -2.28. The number of imidazole rings is 1. The average Bonchev–Trinajstić information content (AvgIpc) is 3.53. The Balaban J connectivity index is 1.69. The summed E-state index contributed by atoms with van der Waals surface area (Å²) < 4.78 is 5.58. The molecule has 1 saturated carbocycles. The van der Waals surface area contributed by atoms with E-state index in [1.54, 1.807) is 24.5 Å². The van der Waals surface area contributed by atoms with Gasteiger partial charge in [0.1, 0.15) is 5.82 Å². The van der Waals surface area contributed by atoms with E-state index in [9.17, 15) is 5.11 Å². The van der Waals surface area contributed by atoms with E-state index in [-0.39, 0.29) is 6.04 Å². The molecular weight excluding hydrogens is 440 g/mol. The van der Waals surface area contributed by atoms with Gasteiger partial charge in [0.2, 0.25) is 0 Å². The quantitative estimate of drug-likeness (QED) is 0.336. The van der Waals surface area contributed by atoms with E-state index in [2.05, 4.69) is 20.1 Å². The lowest BCUT2D eigenvalue weighted by Crippen LogP contribution is -2.31. The van der Waals surface area contributed by atoms with E-state index in [0.29, 0.717) is 34.1 Å². The molecule has 5 aromatic rings. The summed E-state index contributed by atoms with van der Waals surface area (Å²) in [7, 11) is 0. The second-order valence-electron chi connectivity index (χ2n) is 9.25. The number of aromatic amines is 1. The van der Waals surface area contributed by atoms with E-state index in [1.807, 2.05) is 50.2 Å². The third-order valence-electron chi connectivity index (χ3n) is 6.62. The molecule has 1 atom stereocenters. The van der Waals surface area contributed by atoms with Crippen LogP contribution in [0.4, 0.5) is 0 Å². The monoisotopic (exact) mass is 466 g/mol. The first-order valence-electron chi connectivity index (χ1n) is 11.8. The molecule has 35 heavy (non-hydrogen) atoms. The van der Waals surface area contributed by atoms with Gasteiger partial charge in [-0.1, -0.05) is 17.3 Å². The number of hydrogen-bond donors (Lipinski definition) is 3. The smallest absolute Gasteiger partial charge is 0.176 e. The fraction of sp³-hybridized carbons (Fsp3) is 0.259. The molecule has 8 heteroatoms. The van der Waals surface area contributed by atoms with Gasteiger partial charge in [-0.2, -0.15) is 0 Å². The number of aryl methyl sites for hydroxylation is 1. The summed E-state index contributed by atoms with van der Waals surface area (Å²) in [6, 6.07) is 14.6. The molecule has 4 heterocycles. The van der Waals surface area contributed by atoms with Gasteiger partial charge in [-0.15, -0.1) is 0 Å². The number of nitrogens with two attached hydrogens (primary N) is 1. The molecule has 6 rings (SSSR count). The van der Waals surface area contributed by atoms with Crippen LogP contribution in [0.2, 0.25) is 0 Å². The number of hydrogen-bond acceptors (Lipinski definition) is 7. The first-order valence-corrected chi connectivity index (χ1v) is 11.8. The van der Waals surface area contributed by atoms with Crippen molar-refractivity contribution in [2.45, 2.75) is 44.2 Å². The first-order chi connectivity index (χ1) is 17.0. The Morgan fingerprint density at radius 3 is 2.34 bits per heavy atom. The molecule has 4 N–H and O–H groups in total. The van der Waals surface area contributed by atoms with Crippen LogP contribution in [0.5, 0.6) is 0 Å². The molecule has 1 aliphatic carbocycles. The highest BCUT2D eigenvalue weighted by Gasteiger charge is 2.40. The predicted octanol–water partition coefficient (Wildman–Crippen LogP) is 4.50. The highest BCUT2D eigenvalue weighted by atomic mass is 16.5. The van der Waals surface area contributed by atoms with Crippen molar-refractivity contribution in [2.24, 2.45) is 5.73 Å². The van der Waals surface area contributed by atoms with Crippen molar-refractivity contribution in [3.05, 3.63) is 95.2 Å². The fourth-order valence-corrected chi connectivity index (χ4v) is 4.72. The second-order valence-corrected chi connectivity index (χ2v) is 9.25. The number of aliphatic hydroxyl groups is 1. The zero-order valence-electron chi connectivity index (χ0n) is 19.6. The molecule has 1 aromatic carbocycles. The Hall–Kier alpha value is -3.88. The Bertz CT molecular complexity index is 1460. The topological polar surface area (TPSA) is 127 Å². The summed E-state index contributed by atoms with van der Waals surface area (Å²) >= 11 is 0. The van der Waals surface area contributed by atoms with Crippen molar-refractivity contribution < 1.29 is 9.63 Å². The standard InChI is InChI=1S/C27H26N6O2/c1-15(28)25-23(16(2)33-35-25)18-13-19(24-20(14-18)31-26(32-24)17-9-10-17)27(34,21-7-3-5-11-29-21)22-8-4-6-12-30-22/h3-8,11-15,17,34H,9-10,28H2,1-2H3,(H,31,32)/t15-/m1/s1. The minimum Gasteiger partial charge on any atom is -0.373 e. The summed E-state index contributed by atoms with van der Waals surface area (Å²) in [5.74, 6) is 1.93. The van der Waals surface area contributed by atoms with Gasteiger partial charge in [0.15, 0.2) is 11.4 Å². The summed E-state index contributed by atoms with van der Waals surface area (Å²) in [6.45, 7) is 3.75. The number of nitrogens with zero attached hydrogens (tertiary/aromatic N) is 4. The average molecular weight is 467 g/mol. The zero-order valence-corrected chi connectivity index (χ0v) is 19.6. The van der Waals surface area contributed by atoms with Crippen molar-refractivity contribution in [3.63, 3.8) is 0 Å². The number of aromatic nitrogens is 5. The van der Waals surface area contributed by atoms with Crippen LogP contribution < -0.4 is 5.73 Å². The maximum absolute atomic E-state index is 12.5. The highest BCUT2D eigenvalue weighted by molar-refractivity contribution is 5.88. The van der Waals surface area contributed by atoms with Crippen molar-refractivity contribution in [3.8, 4) is 11.1 Å². The fourth-order valence-electron chi connectivity index (χ4n) is 4.72. The lowest BCUT2D eigenvalue weighted by molar-refractivity contribution is 0.117. The third kappa shape index (κ3) is 3.53. The molecule has 4 aromatic heterocycles. The Labute approximate surface area is 202 Å². The van der Waals surface area contributed by atoms with E-state index >= 15 is 0 Å². The third-order valence-corrected chi connectivity index (χ3v) is 6.62. The van der Waals surface area contributed by atoms with E-state index in [1.165, 1.54) is 0 Å². The molecule has 0 bridgehead atoms. The number of benzene rings is 1. The van der Waals surface area contributed by atoms with Gasteiger partial charge in [-0.05, 0) is 68.7 Å². The molecule has 0 amide bonds. The van der Waals surface area contributed by atoms with Gasteiger partial charge in [-0.3, -0.25) is 9.97 Å². The van der Waals surface area contributed by atoms with Gasteiger partial charge in [0.05, 0.1) is 34.2 Å². The zero-order chi connectivity index (χ0) is 24.2. The number of H-pyrrole nitrogens is 1. The normalized spacial score (nSPS) is 15.0. The van der Waals surface area contributed by atoms with Crippen LogP contribution >= 0.6 is 0 Å². The maximum atomic E-state index is 12.5. The van der Waals surface area contributed by atoms with Crippen LogP contribution in [0.15, 0.2) is 65.4 Å². The van der Waals surface area contributed by atoms with Crippen molar-refractivity contribution in [1.82, 2.24) is 25.1 Å². The van der Waals surface area contributed by atoms with Crippen LogP contribution in [0.3, 0.4) is 0 Å². The number of nitrogens with one attached hydrogen (secondary N) is 1. The highest BCUT2D eigenvalue weighted by Crippen LogP contribution is 2.44. The molecule has 176 valence electrons. The van der Waals surface area contributed by atoms with E-state index < -0.39 is 5.60 Å². The van der Waals surface area contributed by atoms with Gasteiger partial charge in [-0.25, -0.2) is 4.98 Å². The Morgan fingerprint density at radius 1 is 1.09 bits per heavy atom. The largest absolute Gasteiger partial charge is 0.373 e. The Morgan fingerprint density at radius 2 is 1.77 bits per heavy atom. The van der Waals surface area contributed by atoms with Crippen LogP contribution in [-0.4, -0.2) is 30.2 Å². The number of rotatable bonds is 6. The minimum atomic E-state index is -1.65. The van der Waals surface area contributed by atoms with Gasteiger partial charge in [0.25, 0.3) is 0 Å². The molecule has 1 fully saturated rings. The summed E-state index contributed by atoms with van der Waals surface area (Å²) in [4.78, 5) is 17.5. The van der Waals surface area contributed by atoms with Crippen LogP contribution in [-0.2, 0) is 5.60 Å². The number of fused-ring (bicyclic) bond motifs is 1. The van der Waals surface area contributed by atoms with Crippen molar-refractivity contribution in [1.29, 1.82) is 0 Å². The van der Waals surface area contributed by atoms with Crippen LogP contribution in [0, 0.1) is 6.92 Å². The summed E-state index contributed by atoms with van der Waals surface area (Å²) in [5.41, 5.74) is 9.95. The van der Waals surface area contributed by atoms with Gasteiger partial charge < -0.3 is 20.3 Å². The maximum Gasteiger partial charge on any atom is 0.176 e. The van der Waals surface area contributed by atoms with E-state index in [0.717, 1.165) is 41.0 Å². The van der Waals surface area contributed by atoms with Crippen molar-refractivity contribution >= 4 is 11.0 Å². The molecule has 0 unspecified atom stereocenters. The molecule has 1 aliphatic rings. The predicted molar refractivity (Wildman–Crippen MR) is 131 cm³/mol. The number of pyridine rings is 2. The van der Waals surface area contributed by atoms with Gasteiger partial charge >= 0.3 is 0 Å². The lowest BCUT2D eigenvalue weighted by atomic mass is 9.83. The second kappa shape index (κ2) is 8.11. The first kappa shape index (κ1) is 21.6. The van der Waals surface area contributed by atoms with Crippen LogP contribution in [0.25, 0.3) is 22.2 Å². The van der Waals surface area contributed by atoms with Gasteiger partial charge in [0, 0.05) is 29.4 Å². The molecule has 8 nitrogen and oxygen atoms in total. The SMILES string of the molecule is Cc1noc([C@@H](C)N)c1-c1cc(C(O)(c2ccccn2)c2ccccn2)c2nc(C3CC3)[nH]c2c1. The molecule has 0 radical (unpaired) electrons. The molecule has 0 spiro atoms. The Kier molecular flexibility index (Phi) is 5.01. The summed E-state index contributed by atoms with van der Waals surface area (Å²) in [5, 5.41) is 16.7. The molecule has 0 aliphatic heterocycles. The summed E-state index contributed by atoms with van der Waals surface area (Å²) in [6.07, 6.45) is 5.55. The molecular formula is C27H26N6O2. The minimum absolute atomic E-state index is 0.348. The van der Waals surface area contributed by atoms with Crippen LogP contribution in [0.1, 0.15) is 66.0 Å².